The van der Waals surface area contributed by atoms with Crippen molar-refractivity contribution in [2.24, 2.45) is 0 Å². The molecular formula is C15H22O3. The minimum absolute atomic E-state index is 0.174. The fraction of sp³-hybridized carbons (Fsp3) is 0.467. The summed E-state index contributed by atoms with van der Waals surface area (Å²) in [6.45, 7) is 10.6. The van der Waals surface area contributed by atoms with Gasteiger partial charge in [-0.15, -0.1) is 6.58 Å². The second-order valence-electron chi connectivity index (χ2n) is 4.06. The summed E-state index contributed by atoms with van der Waals surface area (Å²) in [6.07, 6.45) is 1.30. The third-order valence-corrected chi connectivity index (χ3v) is 2.43. The minimum Gasteiger partial charge on any atom is -0.491 e. The Labute approximate surface area is 109 Å². The zero-order valence-electron chi connectivity index (χ0n) is 11.4. The third kappa shape index (κ3) is 5.34. The maximum atomic E-state index is 5.67. The van der Waals surface area contributed by atoms with E-state index in [0.29, 0.717) is 13.2 Å². The van der Waals surface area contributed by atoms with E-state index >= 15 is 0 Å². The predicted molar refractivity (Wildman–Crippen MR) is 72.8 cm³/mol. The van der Waals surface area contributed by atoms with E-state index in [-0.39, 0.29) is 12.4 Å². The molecule has 0 N–H and O–H groups in total. The molecule has 0 aliphatic heterocycles. The summed E-state index contributed by atoms with van der Waals surface area (Å²) in [7, 11) is 0. The summed E-state index contributed by atoms with van der Waals surface area (Å²) in [5, 5.41) is 0. The van der Waals surface area contributed by atoms with Crippen LogP contribution in [0.25, 0.3) is 0 Å². The number of aryl methyl sites for hydroxylation is 1. The highest BCUT2D eigenvalue weighted by Gasteiger charge is 2.10. The molecule has 1 aromatic carbocycles. The Bertz CT molecular complexity index is 363. The number of benzene rings is 1. The van der Waals surface area contributed by atoms with Gasteiger partial charge in [0.15, 0.2) is 6.29 Å². The van der Waals surface area contributed by atoms with Gasteiger partial charge in [0.2, 0.25) is 0 Å². The fourth-order valence-electron chi connectivity index (χ4n) is 1.57. The van der Waals surface area contributed by atoms with Gasteiger partial charge >= 0.3 is 0 Å². The van der Waals surface area contributed by atoms with Crippen molar-refractivity contribution in [3.8, 4) is 5.75 Å². The maximum Gasteiger partial charge on any atom is 0.155 e. The number of rotatable bonds is 8. The van der Waals surface area contributed by atoms with Crippen molar-refractivity contribution in [1.82, 2.24) is 0 Å². The normalized spacial score (nSPS) is 13.9. The topological polar surface area (TPSA) is 27.7 Å². The minimum atomic E-state index is -0.251. The number of hydrogen-bond acceptors (Lipinski definition) is 3. The third-order valence-electron chi connectivity index (χ3n) is 2.43. The Hall–Kier alpha value is -1.32. The van der Waals surface area contributed by atoms with Crippen molar-refractivity contribution < 1.29 is 14.2 Å². The Morgan fingerprint density at radius 2 is 2.17 bits per heavy atom. The van der Waals surface area contributed by atoms with Crippen LogP contribution in [-0.4, -0.2) is 25.6 Å². The molecule has 0 bridgehead atoms. The Morgan fingerprint density at radius 1 is 1.39 bits per heavy atom. The monoisotopic (exact) mass is 250 g/mol. The van der Waals surface area contributed by atoms with Crippen molar-refractivity contribution >= 4 is 0 Å². The first-order valence-corrected chi connectivity index (χ1v) is 6.24. The molecule has 100 valence electrons. The highest BCUT2D eigenvalue weighted by Crippen LogP contribution is 2.13. The summed E-state index contributed by atoms with van der Waals surface area (Å²) >= 11 is 0. The zero-order valence-corrected chi connectivity index (χ0v) is 11.4. The van der Waals surface area contributed by atoms with Crippen LogP contribution in [0.1, 0.15) is 19.4 Å². The molecule has 2 unspecified atom stereocenters. The molecule has 1 rings (SSSR count). The molecule has 0 aliphatic rings. The lowest BCUT2D eigenvalue weighted by Gasteiger charge is -2.20. The lowest BCUT2D eigenvalue weighted by atomic mass is 10.2. The van der Waals surface area contributed by atoms with Crippen LogP contribution in [0.15, 0.2) is 36.9 Å². The smallest absolute Gasteiger partial charge is 0.155 e. The second kappa shape index (κ2) is 7.90. The summed E-state index contributed by atoms with van der Waals surface area (Å²) in [5.41, 5.74) is 1.17. The molecule has 0 radical (unpaired) electrons. The standard InChI is InChI=1S/C15H22O3/c1-5-14(18-13(4)16-6-2)11-17-15-9-7-8-12(3)10-15/h5,7-10,13-14H,1,6,11H2,2-4H3. The van der Waals surface area contributed by atoms with E-state index in [2.05, 4.69) is 6.58 Å². The van der Waals surface area contributed by atoms with E-state index in [4.69, 9.17) is 14.2 Å². The van der Waals surface area contributed by atoms with Crippen LogP contribution in [0.2, 0.25) is 0 Å². The first-order valence-electron chi connectivity index (χ1n) is 6.24. The Kier molecular flexibility index (Phi) is 6.47. The highest BCUT2D eigenvalue weighted by molar-refractivity contribution is 5.27. The number of ether oxygens (including phenoxy) is 3. The van der Waals surface area contributed by atoms with Gasteiger partial charge in [0.25, 0.3) is 0 Å². The molecule has 0 heterocycles. The summed E-state index contributed by atoms with van der Waals surface area (Å²) in [5.74, 6) is 0.842. The fourth-order valence-corrected chi connectivity index (χ4v) is 1.57. The molecule has 2 atom stereocenters. The lowest BCUT2D eigenvalue weighted by Crippen LogP contribution is -2.26. The molecule has 18 heavy (non-hydrogen) atoms. The first-order chi connectivity index (χ1) is 8.65. The van der Waals surface area contributed by atoms with Crippen LogP contribution in [0.5, 0.6) is 5.75 Å². The van der Waals surface area contributed by atoms with Crippen molar-refractivity contribution in [1.29, 1.82) is 0 Å². The van der Waals surface area contributed by atoms with Gasteiger partial charge in [-0.3, -0.25) is 0 Å². The van der Waals surface area contributed by atoms with Gasteiger partial charge in [-0.25, -0.2) is 0 Å². The van der Waals surface area contributed by atoms with Crippen molar-refractivity contribution in [2.75, 3.05) is 13.2 Å². The molecule has 0 saturated carbocycles. The summed E-state index contributed by atoms with van der Waals surface area (Å²) in [6, 6.07) is 7.92. The predicted octanol–water partition coefficient (Wildman–Crippen LogP) is 3.33. The van der Waals surface area contributed by atoms with Gasteiger partial charge in [-0.05, 0) is 38.5 Å². The zero-order chi connectivity index (χ0) is 13.4. The van der Waals surface area contributed by atoms with Crippen LogP contribution < -0.4 is 4.74 Å². The van der Waals surface area contributed by atoms with E-state index in [1.54, 1.807) is 6.08 Å². The molecule has 0 amide bonds. The average Bonchev–Trinajstić information content (AvgIpc) is 2.35. The molecule has 0 fully saturated rings. The van der Waals surface area contributed by atoms with Crippen LogP contribution in [0, 0.1) is 6.92 Å². The van der Waals surface area contributed by atoms with E-state index in [9.17, 15) is 0 Å². The van der Waals surface area contributed by atoms with Gasteiger partial charge in [0.05, 0.1) is 0 Å². The molecule has 0 aromatic heterocycles. The molecule has 0 spiro atoms. The van der Waals surface area contributed by atoms with Crippen LogP contribution >= 0.6 is 0 Å². The van der Waals surface area contributed by atoms with E-state index < -0.39 is 0 Å². The summed E-state index contributed by atoms with van der Waals surface area (Å²) < 4.78 is 16.6. The van der Waals surface area contributed by atoms with E-state index in [1.165, 1.54) is 5.56 Å². The molecule has 3 heteroatoms. The van der Waals surface area contributed by atoms with Gasteiger partial charge in [0, 0.05) is 6.61 Å². The van der Waals surface area contributed by atoms with E-state index in [1.807, 2.05) is 45.0 Å². The lowest BCUT2D eigenvalue weighted by molar-refractivity contribution is -0.151. The van der Waals surface area contributed by atoms with Crippen molar-refractivity contribution in [2.45, 2.75) is 33.2 Å². The van der Waals surface area contributed by atoms with Gasteiger partial charge in [-0.1, -0.05) is 18.2 Å². The van der Waals surface area contributed by atoms with Crippen molar-refractivity contribution in [3.63, 3.8) is 0 Å². The van der Waals surface area contributed by atoms with Crippen molar-refractivity contribution in [3.05, 3.63) is 42.5 Å². The Balaban J connectivity index is 2.42. The van der Waals surface area contributed by atoms with Gasteiger partial charge in [0.1, 0.15) is 18.5 Å². The SMILES string of the molecule is C=CC(COc1cccc(C)c1)OC(C)OCC. The molecule has 0 saturated heterocycles. The molecule has 1 aromatic rings. The second-order valence-corrected chi connectivity index (χ2v) is 4.06. The van der Waals surface area contributed by atoms with Crippen LogP contribution in [0.3, 0.4) is 0 Å². The quantitative estimate of drug-likeness (QED) is 0.523. The van der Waals surface area contributed by atoms with Gasteiger partial charge in [-0.2, -0.15) is 0 Å². The first kappa shape index (κ1) is 14.7. The molecule has 0 aliphatic carbocycles. The average molecular weight is 250 g/mol. The van der Waals surface area contributed by atoms with E-state index in [0.717, 1.165) is 5.75 Å². The van der Waals surface area contributed by atoms with Crippen LogP contribution in [-0.2, 0) is 9.47 Å². The number of hydrogen-bond donors (Lipinski definition) is 0. The van der Waals surface area contributed by atoms with Gasteiger partial charge < -0.3 is 14.2 Å². The highest BCUT2D eigenvalue weighted by atomic mass is 16.7. The Morgan fingerprint density at radius 3 is 2.78 bits per heavy atom. The summed E-state index contributed by atoms with van der Waals surface area (Å²) in [4.78, 5) is 0. The molecular weight excluding hydrogens is 228 g/mol. The largest absolute Gasteiger partial charge is 0.491 e. The maximum absolute atomic E-state index is 5.67. The van der Waals surface area contributed by atoms with Crippen LogP contribution in [0.4, 0.5) is 0 Å². The molecule has 3 nitrogen and oxygen atoms in total.